The number of halogens is 1. The van der Waals surface area contributed by atoms with Gasteiger partial charge in [0.25, 0.3) is 11.8 Å². The number of piperidine rings is 1. The van der Waals surface area contributed by atoms with Crippen LogP contribution in [-0.2, 0) is 0 Å². The summed E-state index contributed by atoms with van der Waals surface area (Å²) < 4.78 is 19.0. The van der Waals surface area contributed by atoms with E-state index in [-0.39, 0.29) is 23.6 Å². The highest BCUT2D eigenvalue weighted by atomic mass is 19.1. The van der Waals surface area contributed by atoms with E-state index in [4.69, 9.17) is 4.52 Å². The molecule has 0 saturated carbocycles. The van der Waals surface area contributed by atoms with Crippen LogP contribution in [0.25, 0.3) is 0 Å². The molecule has 27 heavy (non-hydrogen) atoms. The number of benzene rings is 1. The molecule has 7 heteroatoms. The van der Waals surface area contributed by atoms with Crippen molar-refractivity contribution in [1.29, 1.82) is 0 Å². The van der Waals surface area contributed by atoms with Crippen molar-refractivity contribution in [2.24, 2.45) is 0 Å². The Balaban J connectivity index is 1.83. The van der Waals surface area contributed by atoms with E-state index in [2.05, 4.69) is 10.5 Å². The molecule has 0 radical (unpaired) electrons. The first-order chi connectivity index (χ1) is 13.0. The maximum atomic E-state index is 13.6. The van der Waals surface area contributed by atoms with Gasteiger partial charge in [-0.15, -0.1) is 0 Å². The average molecular weight is 373 g/mol. The molecule has 3 rings (SSSR count). The quantitative estimate of drug-likeness (QED) is 0.868. The zero-order valence-corrected chi connectivity index (χ0v) is 15.6. The van der Waals surface area contributed by atoms with Crippen LogP contribution in [-0.4, -0.2) is 35.0 Å². The maximum absolute atomic E-state index is 13.6. The van der Waals surface area contributed by atoms with Gasteiger partial charge in [0.05, 0.1) is 6.04 Å². The first-order valence-corrected chi connectivity index (χ1v) is 9.33. The Hall–Kier alpha value is -2.70. The third-order valence-electron chi connectivity index (χ3n) is 4.82. The SMILES string of the molecule is CCCNC(=O)c1cc(C2CCCCN2C(=O)c2cc(F)ccc2C)on1. The number of likely N-dealkylation sites (tertiary alicyclic amines) is 1. The van der Waals surface area contributed by atoms with Crippen molar-refractivity contribution in [3.05, 3.63) is 52.7 Å². The Kier molecular flexibility index (Phi) is 5.88. The average Bonchev–Trinajstić information content (AvgIpc) is 3.17. The van der Waals surface area contributed by atoms with Gasteiger partial charge in [0.1, 0.15) is 5.82 Å². The Morgan fingerprint density at radius 3 is 2.93 bits per heavy atom. The van der Waals surface area contributed by atoms with Gasteiger partial charge in [-0.2, -0.15) is 0 Å². The number of aromatic nitrogens is 1. The number of hydrogen-bond donors (Lipinski definition) is 1. The molecule has 6 nitrogen and oxygen atoms in total. The zero-order valence-electron chi connectivity index (χ0n) is 15.6. The van der Waals surface area contributed by atoms with Crippen molar-refractivity contribution in [3.8, 4) is 0 Å². The van der Waals surface area contributed by atoms with Crippen LogP contribution in [0.3, 0.4) is 0 Å². The van der Waals surface area contributed by atoms with E-state index in [9.17, 15) is 14.0 Å². The topological polar surface area (TPSA) is 75.4 Å². The van der Waals surface area contributed by atoms with Crippen molar-refractivity contribution in [2.45, 2.75) is 45.6 Å². The van der Waals surface area contributed by atoms with Crippen LogP contribution in [0.2, 0.25) is 0 Å². The minimum absolute atomic E-state index is 0.207. The second kappa shape index (κ2) is 8.33. The molecule has 2 aromatic rings. The van der Waals surface area contributed by atoms with Crippen molar-refractivity contribution in [2.75, 3.05) is 13.1 Å². The van der Waals surface area contributed by atoms with E-state index >= 15 is 0 Å². The summed E-state index contributed by atoms with van der Waals surface area (Å²) in [4.78, 5) is 26.8. The third-order valence-corrected chi connectivity index (χ3v) is 4.82. The Morgan fingerprint density at radius 2 is 2.15 bits per heavy atom. The lowest BCUT2D eigenvalue weighted by molar-refractivity contribution is 0.0568. The summed E-state index contributed by atoms with van der Waals surface area (Å²) in [6, 6.07) is 5.51. The van der Waals surface area contributed by atoms with E-state index in [1.165, 1.54) is 12.1 Å². The molecular weight excluding hydrogens is 349 g/mol. The molecule has 2 amide bonds. The predicted octanol–water partition coefficient (Wildman–Crippen LogP) is 3.63. The number of hydrogen-bond acceptors (Lipinski definition) is 4. The van der Waals surface area contributed by atoms with Crippen LogP contribution in [0.15, 0.2) is 28.8 Å². The first kappa shape index (κ1) is 19.1. The normalized spacial score (nSPS) is 17.0. The predicted molar refractivity (Wildman–Crippen MR) is 97.9 cm³/mol. The van der Waals surface area contributed by atoms with Gasteiger partial charge in [-0.25, -0.2) is 4.39 Å². The lowest BCUT2D eigenvalue weighted by Crippen LogP contribution is -2.38. The van der Waals surface area contributed by atoms with Crippen molar-refractivity contribution in [3.63, 3.8) is 0 Å². The second-order valence-electron chi connectivity index (χ2n) is 6.84. The Morgan fingerprint density at radius 1 is 1.33 bits per heavy atom. The van der Waals surface area contributed by atoms with Crippen molar-refractivity contribution >= 4 is 11.8 Å². The summed E-state index contributed by atoms with van der Waals surface area (Å²) in [7, 11) is 0. The fraction of sp³-hybridized carbons (Fsp3) is 0.450. The van der Waals surface area contributed by atoms with Crippen molar-refractivity contribution in [1.82, 2.24) is 15.4 Å². The first-order valence-electron chi connectivity index (χ1n) is 9.33. The van der Waals surface area contributed by atoms with Crippen LogP contribution >= 0.6 is 0 Å². The van der Waals surface area contributed by atoms with E-state index in [1.807, 2.05) is 6.92 Å². The van der Waals surface area contributed by atoms with Crippen LogP contribution in [0.1, 0.15) is 70.8 Å². The van der Waals surface area contributed by atoms with Crippen molar-refractivity contribution < 1.29 is 18.5 Å². The lowest BCUT2D eigenvalue weighted by atomic mass is 9.97. The molecule has 1 saturated heterocycles. The largest absolute Gasteiger partial charge is 0.358 e. The molecule has 0 spiro atoms. The number of nitrogens with zero attached hydrogens (tertiary/aromatic N) is 2. The molecule has 1 fully saturated rings. The standard InChI is InChI=1S/C20H24FN3O3/c1-3-9-22-19(25)16-12-18(27-23-16)17-6-4-5-10-24(17)20(26)15-11-14(21)8-7-13(15)2/h7-8,11-12,17H,3-6,9-10H2,1-2H3,(H,22,25). The summed E-state index contributed by atoms with van der Waals surface area (Å²) >= 11 is 0. The Labute approximate surface area is 157 Å². The number of carbonyl (C=O) groups excluding carboxylic acids is 2. The number of carbonyl (C=O) groups is 2. The summed E-state index contributed by atoms with van der Waals surface area (Å²) in [5.41, 5.74) is 1.28. The van der Waals surface area contributed by atoms with E-state index in [0.29, 0.717) is 30.8 Å². The molecule has 2 heterocycles. The van der Waals surface area contributed by atoms with E-state index in [0.717, 1.165) is 24.8 Å². The number of amides is 2. The Bertz CT molecular complexity index is 834. The monoisotopic (exact) mass is 373 g/mol. The lowest BCUT2D eigenvalue weighted by Gasteiger charge is -2.34. The highest BCUT2D eigenvalue weighted by Gasteiger charge is 2.32. The fourth-order valence-corrected chi connectivity index (χ4v) is 3.33. The number of aryl methyl sites for hydroxylation is 1. The molecule has 0 bridgehead atoms. The van der Waals surface area contributed by atoms with Gasteiger partial charge in [0, 0.05) is 24.7 Å². The van der Waals surface area contributed by atoms with Gasteiger partial charge in [-0.1, -0.05) is 18.1 Å². The molecular formula is C20H24FN3O3. The van der Waals surface area contributed by atoms with Crippen LogP contribution in [0.5, 0.6) is 0 Å². The number of rotatable bonds is 5. The zero-order chi connectivity index (χ0) is 19.4. The molecule has 1 aliphatic rings. The summed E-state index contributed by atoms with van der Waals surface area (Å²) in [6.45, 7) is 4.87. The second-order valence-corrected chi connectivity index (χ2v) is 6.84. The van der Waals surface area contributed by atoms with Gasteiger partial charge in [-0.05, 0) is 50.3 Å². The number of nitrogens with one attached hydrogen (secondary N) is 1. The summed E-state index contributed by atoms with van der Waals surface area (Å²) in [5.74, 6) is -0.475. The highest BCUT2D eigenvalue weighted by molar-refractivity contribution is 5.96. The summed E-state index contributed by atoms with van der Waals surface area (Å²) in [6.07, 6.45) is 3.35. The van der Waals surface area contributed by atoms with Gasteiger partial charge in [0.2, 0.25) is 0 Å². The molecule has 1 unspecified atom stereocenters. The van der Waals surface area contributed by atoms with Crippen LogP contribution < -0.4 is 5.32 Å². The minimum Gasteiger partial charge on any atom is -0.358 e. The molecule has 144 valence electrons. The van der Waals surface area contributed by atoms with Crippen LogP contribution in [0, 0.1) is 12.7 Å². The molecule has 1 aromatic carbocycles. The molecule has 1 aliphatic heterocycles. The van der Waals surface area contributed by atoms with Gasteiger partial charge in [0.15, 0.2) is 11.5 Å². The van der Waals surface area contributed by atoms with Gasteiger partial charge >= 0.3 is 0 Å². The van der Waals surface area contributed by atoms with Crippen LogP contribution in [0.4, 0.5) is 4.39 Å². The maximum Gasteiger partial charge on any atom is 0.273 e. The third kappa shape index (κ3) is 4.18. The molecule has 1 atom stereocenters. The smallest absolute Gasteiger partial charge is 0.273 e. The molecule has 1 N–H and O–H groups in total. The van der Waals surface area contributed by atoms with E-state index < -0.39 is 5.82 Å². The molecule has 1 aromatic heterocycles. The minimum atomic E-state index is -0.438. The molecule has 0 aliphatic carbocycles. The fourth-order valence-electron chi connectivity index (χ4n) is 3.33. The highest BCUT2D eigenvalue weighted by Crippen LogP contribution is 2.33. The summed E-state index contributed by atoms with van der Waals surface area (Å²) in [5, 5.41) is 6.61. The van der Waals surface area contributed by atoms with Gasteiger partial charge < -0.3 is 14.7 Å². The van der Waals surface area contributed by atoms with Gasteiger partial charge in [-0.3, -0.25) is 9.59 Å². The van der Waals surface area contributed by atoms with E-state index in [1.54, 1.807) is 24.0 Å².